The van der Waals surface area contributed by atoms with Gasteiger partial charge in [0.15, 0.2) is 11.5 Å². The summed E-state index contributed by atoms with van der Waals surface area (Å²) in [5.74, 6) is 0.164. The largest absolute Gasteiger partial charge is 0.433 e. The average molecular weight is 322 g/mol. The number of anilines is 1. The van der Waals surface area contributed by atoms with Gasteiger partial charge in [-0.05, 0) is 36.8 Å². The zero-order chi connectivity index (χ0) is 16.5. The number of rotatable bonds is 5. The molecule has 2 aromatic heterocycles. The molecule has 0 bridgehead atoms. The summed E-state index contributed by atoms with van der Waals surface area (Å²) in [6, 6.07) is 5.93. The molecule has 2 aromatic rings. The highest BCUT2D eigenvalue weighted by atomic mass is 19.4. The number of aromatic nitrogens is 3. The fourth-order valence-corrected chi connectivity index (χ4v) is 2.40. The van der Waals surface area contributed by atoms with Crippen LogP contribution in [-0.2, 0) is 6.18 Å². The normalized spacial score (nSPS) is 16.2. The van der Waals surface area contributed by atoms with Gasteiger partial charge in [0.05, 0.1) is 0 Å². The van der Waals surface area contributed by atoms with E-state index in [9.17, 15) is 13.2 Å². The summed E-state index contributed by atoms with van der Waals surface area (Å²) in [7, 11) is 0. The van der Waals surface area contributed by atoms with E-state index in [0.29, 0.717) is 12.2 Å². The van der Waals surface area contributed by atoms with E-state index in [1.807, 2.05) is 0 Å². The van der Waals surface area contributed by atoms with Gasteiger partial charge in [-0.25, -0.2) is 9.97 Å². The Kier molecular flexibility index (Phi) is 3.95. The Morgan fingerprint density at radius 2 is 2.00 bits per heavy atom. The van der Waals surface area contributed by atoms with Crippen LogP contribution >= 0.6 is 0 Å². The van der Waals surface area contributed by atoms with Crippen molar-refractivity contribution in [3.63, 3.8) is 0 Å². The third kappa shape index (κ3) is 3.60. The molecule has 23 heavy (non-hydrogen) atoms. The number of nitrogens with zero attached hydrogens (tertiary/aromatic N) is 3. The molecule has 0 unspecified atom stereocenters. The zero-order valence-corrected chi connectivity index (χ0v) is 12.7. The smallest absolute Gasteiger partial charge is 0.369 e. The van der Waals surface area contributed by atoms with E-state index in [1.54, 1.807) is 18.2 Å². The predicted molar refractivity (Wildman–Crippen MR) is 80.7 cm³/mol. The van der Waals surface area contributed by atoms with E-state index in [4.69, 9.17) is 0 Å². The highest BCUT2D eigenvalue weighted by Gasteiger charge is 2.40. The molecule has 1 N–H and O–H groups in total. The first-order valence-electron chi connectivity index (χ1n) is 7.53. The maximum atomic E-state index is 13.1. The lowest BCUT2D eigenvalue weighted by atomic mass is 10.0. The second-order valence-corrected chi connectivity index (χ2v) is 5.88. The van der Waals surface area contributed by atoms with E-state index in [-0.39, 0.29) is 17.1 Å². The van der Waals surface area contributed by atoms with Gasteiger partial charge in [-0.15, -0.1) is 0 Å². The molecule has 1 fully saturated rings. The van der Waals surface area contributed by atoms with Crippen LogP contribution in [0.3, 0.4) is 0 Å². The Morgan fingerprint density at radius 3 is 2.57 bits per heavy atom. The topological polar surface area (TPSA) is 50.7 Å². The highest BCUT2D eigenvalue weighted by molar-refractivity contribution is 5.53. The lowest BCUT2D eigenvalue weighted by Gasteiger charge is -2.15. The lowest BCUT2D eigenvalue weighted by Crippen LogP contribution is -2.17. The fourth-order valence-electron chi connectivity index (χ4n) is 2.40. The first-order chi connectivity index (χ1) is 10.9. The third-order valence-electron chi connectivity index (χ3n) is 4.26. The van der Waals surface area contributed by atoms with Gasteiger partial charge in [0, 0.05) is 18.8 Å². The molecular formula is C16H17F3N4. The van der Waals surface area contributed by atoms with Gasteiger partial charge in [0.2, 0.25) is 0 Å². The molecule has 0 saturated heterocycles. The number of pyridine rings is 1. The number of hydrogen-bond acceptors (Lipinski definition) is 4. The average Bonchev–Trinajstić information content (AvgIpc) is 3.33. The minimum Gasteiger partial charge on any atom is -0.369 e. The Labute approximate surface area is 132 Å². The molecule has 0 spiro atoms. The molecule has 122 valence electrons. The predicted octanol–water partition coefficient (Wildman–Crippen LogP) is 4.16. The maximum absolute atomic E-state index is 13.1. The lowest BCUT2D eigenvalue weighted by molar-refractivity contribution is -0.141. The van der Waals surface area contributed by atoms with Crippen molar-refractivity contribution in [1.29, 1.82) is 0 Å². The minimum absolute atomic E-state index is 0.0238. The molecule has 1 aliphatic carbocycles. The van der Waals surface area contributed by atoms with Gasteiger partial charge < -0.3 is 5.32 Å². The second-order valence-electron chi connectivity index (χ2n) is 5.88. The third-order valence-corrected chi connectivity index (χ3v) is 4.26. The quantitative estimate of drug-likeness (QED) is 0.898. The van der Waals surface area contributed by atoms with Crippen LogP contribution in [-0.4, -0.2) is 21.5 Å². The standard InChI is InChI=1S/C16H17F3N4/c1-2-15(6-7-15)10-21-13-9-12(16(17,18)19)22-14(23-13)11-5-3-4-8-20-11/h3-5,8-9H,2,6-7,10H2,1H3,(H,21,22,23). The van der Waals surface area contributed by atoms with Crippen molar-refractivity contribution in [2.75, 3.05) is 11.9 Å². The van der Waals surface area contributed by atoms with Crippen LogP contribution in [0.15, 0.2) is 30.5 Å². The number of halogens is 3. The summed E-state index contributed by atoms with van der Waals surface area (Å²) in [5.41, 5.74) is -0.440. The molecule has 0 atom stereocenters. The Balaban J connectivity index is 1.92. The van der Waals surface area contributed by atoms with E-state index < -0.39 is 11.9 Å². The van der Waals surface area contributed by atoms with Crippen LogP contribution in [0, 0.1) is 5.41 Å². The Hall–Kier alpha value is -2.18. The van der Waals surface area contributed by atoms with Crippen molar-refractivity contribution in [2.24, 2.45) is 5.41 Å². The molecule has 1 aliphatic rings. The molecule has 0 amide bonds. The molecule has 2 heterocycles. The van der Waals surface area contributed by atoms with Gasteiger partial charge >= 0.3 is 6.18 Å². The van der Waals surface area contributed by atoms with Crippen molar-refractivity contribution in [3.05, 3.63) is 36.2 Å². The van der Waals surface area contributed by atoms with Crippen LogP contribution in [0.25, 0.3) is 11.5 Å². The van der Waals surface area contributed by atoms with Gasteiger partial charge in [0.25, 0.3) is 0 Å². The van der Waals surface area contributed by atoms with E-state index in [2.05, 4.69) is 27.2 Å². The van der Waals surface area contributed by atoms with Gasteiger partial charge in [-0.1, -0.05) is 13.0 Å². The minimum atomic E-state index is -4.52. The summed E-state index contributed by atoms with van der Waals surface area (Å²) in [6.07, 6.45) is 0.180. The Bertz CT molecular complexity index is 681. The molecular weight excluding hydrogens is 305 g/mol. The van der Waals surface area contributed by atoms with Crippen molar-refractivity contribution in [2.45, 2.75) is 32.4 Å². The highest BCUT2D eigenvalue weighted by Crippen LogP contribution is 2.48. The summed E-state index contributed by atoms with van der Waals surface area (Å²) in [4.78, 5) is 11.8. The fraction of sp³-hybridized carbons (Fsp3) is 0.438. The number of nitrogens with one attached hydrogen (secondary N) is 1. The SMILES string of the molecule is CCC1(CNc2cc(C(F)(F)F)nc(-c3ccccn3)n2)CC1. The van der Waals surface area contributed by atoms with Crippen molar-refractivity contribution < 1.29 is 13.2 Å². The van der Waals surface area contributed by atoms with Crippen LogP contribution < -0.4 is 5.32 Å². The van der Waals surface area contributed by atoms with Crippen LogP contribution in [0.2, 0.25) is 0 Å². The number of hydrogen-bond donors (Lipinski definition) is 1. The molecule has 0 aliphatic heterocycles. The van der Waals surface area contributed by atoms with E-state index in [1.165, 1.54) is 6.20 Å². The summed E-state index contributed by atoms with van der Waals surface area (Å²) < 4.78 is 39.2. The van der Waals surface area contributed by atoms with Crippen LogP contribution in [0.1, 0.15) is 31.9 Å². The molecule has 0 aromatic carbocycles. The first kappa shape index (κ1) is 15.7. The summed E-state index contributed by atoms with van der Waals surface area (Å²) >= 11 is 0. The van der Waals surface area contributed by atoms with Gasteiger partial charge in [-0.2, -0.15) is 13.2 Å². The van der Waals surface area contributed by atoms with Gasteiger partial charge in [-0.3, -0.25) is 4.98 Å². The molecule has 3 rings (SSSR count). The Morgan fingerprint density at radius 1 is 1.22 bits per heavy atom. The number of alkyl halides is 3. The van der Waals surface area contributed by atoms with Crippen molar-refractivity contribution >= 4 is 5.82 Å². The monoisotopic (exact) mass is 322 g/mol. The van der Waals surface area contributed by atoms with E-state index in [0.717, 1.165) is 25.3 Å². The first-order valence-corrected chi connectivity index (χ1v) is 7.53. The van der Waals surface area contributed by atoms with Gasteiger partial charge in [0.1, 0.15) is 11.5 Å². The maximum Gasteiger partial charge on any atom is 0.433 e. The molecule has 0 radical (unpaired) electrons. The zero-order valence-electron chi connectivity index (χ0n) is 12.7. The van der Waals surface area contributed by atoms with Crippen LogP contribution in [0.4, 0.5) is 19.0 Å². The molecule has 4 nitrogen and oxygen atoms in total. The molecule has 7 heteroatoms. The summed E-state index contributed by atoms with van der Waals surface area (Å²) in [5, 5.41) is 3.04. The van der Waals surface area contributed by atoms with Crippen molar-refractivity contribution in [1.82, 2.24) is 15.0 Å². The summed E-state index contributed by atoms with van der Waals surface area (Å²) in [6.45, 7) is 2.72. The molecule has 1 saturated carbocycles. The van der Waals surface area contributed by atoms with Crippen LogP contribution in [0.5, 0.6) is 0 Å². The second kappa shape index (κ2) is 5.79. The van der Waals surface area contributed by atoms with E-state index >= 15 is 0 Å². The van der Waals surface area contributed by atoms with Crippen molar-refractivity contribution in [3.8, 4) is 11.5 Å².